The van der Waals surface area contributed by atoms with Crippen molar-refractivity contribution in [3.63, 3.8) is 0 Å². The molecular formula is C11H9BrO5. The summed E-state index contributed by atoms with van der Waals surface area (Å²) >= 11 is 3.05. The summed E-state index contributed by atoms with van der Waals surface area (Å²) in [4.78, 5) is 33.6. The summed E-state index contributed by atoms with van der Waals surface area (Å²) in [5, 5.41) is 18.2. The molecule has 1 aromatic rings. The Morgan fingerprint density at radius 1 is 1.06 bits per heavy atom. The van der Waals surface area contributed by atoms with E-state index >= 15 is 0 Å². The van der Waals surface area contributed by atoms with Crippen LogP contribution in [0.5, 0.6) is 0 Å². The zero-order valence-corrected chi connectivity index (χ0v) is 10.2. The predicted octanol–water partition coefficient (Wildman–Crippen LogP) is 2.05. The van der Waals surface area contributed by atoms with E-state index in [9.17, 15) is 14.4 Å². The first-order valence-electron chi connectivity index (χ1n) is 4.67. The van der Waals surface area contributed by atoms with E-state index in [0.29, 0.717) is 5.33 Å². The van der Waals surface area contributed by atoms with Crippen LogP contribution < -0.4 is 0 Å². The molecule has 0 atom stereocenters. The third-order valence-electron chi connectivity index (χ3n) is 2.13. The van der Waals surface area contributed by atoms with Gasteiger partial charge >= 0.3 is 11.9 Å². The Balaban J connectivity index is 3.43. The van der Waals surface area contributed by atoms with Crippen molar-refractivity contribution in [3.05, 3.63) is 34.9 Å². The third kappa shape index (κ3) is 2.91. The van der Waals surface area contributed by atoms with Crippen molar-refractivity contribution in [2.24, 2.45) is 0 Å². The van der Waals surface area contributed by atoms with Crippen molar-refractivity contribution in [1.29, 1.82) is 0 Å². The largest absolute Gasteiger partial charge is 0.478 e. The van der Waals surface area contributed by atoms with Crippen molar-refractivity contribution in [2.45, 2.75) is 6.42 Å². The van der Waals surface area contributed by atoms with Gasteiger partial charge in [0.25, 0.3) is 0 Å². The van der Waals surface area contributed by atoms with Crippen LogP contribution in [-0.4, -0.2) is 33.3 Å². The highest BCUT2D eigenvalue weighted by molar-refractivity contribution is 9.09. The van der Waals surface area contributed by atoms with Crippen LogP contribution >= 0.6 is 15.9 Å². The number of benzene rings is 1. The highest BCUT2D eigenvalue weighted by Gasteiger charge is 2.22. The summed E-state index contributed by atoms with van der Waals surface area (Å²) in [7, 11) is 0. The number of carboxylic acids is 2. The van der Waals surface area contributed by atoms with Gasteiger partial charge < -0.3 is 10.2 Å². The molecule has 17 heavy (non-hydrogen) atoms. The van der Waals surface area contributed by atoms with E-state index in [0.717, 1.165) is 0 Å². The maximum Gasteiger partial charge on any atom is 0.336 e. The first kappa shape index (κ1) is 13.4. The van der Waals surface area contributed by atoms with Crippen molar-refractivity contribution >= 4 is 33.7 Å². The van der Waals surface area contributed by atoms with Crippen LogP contribution in [0.15, 0.2) is 18.2 Å². The Kier molecular flexibility index (Phi) is 4.39. The van der Waals surface area contributed by atoms with E-state index in [4.69, 9.17) is 10.2 Å². The number of halogens is 1. The molecule has 5 nitrogen and oxygen atoms in total. The molecule has 0 aliphatic heterocycles. The highest BCUT2D eigenvalue weighted by atomic mass is 79.9. The number of rotatable bonds is 5. The summed E-state index contributed by atoms with van der Waals surface area (Å²) in [6.45, 7) is 0. The van der Waals surface area contributed by atoms with Crippen molar-refractivity contribution in [1.82, 2.24) is 0 Å². The fraction of sp³-hybridized carbons (Fsp3) is 0.182. The fourth-order valence-corrected chi connectivity index (χ4v) is 1.78. The molecule has 0 bridgehead atoms. The van der Waals surface area contributed by atoms with Gasteiger partial charge in [-0.2, -0.15) is 0 Å². The van der Waals surface area contributed by atoms with E-state index in [1.54, 1.807) is 0 Å². The Hall–Kier alpha value is -1.69. The lowest BCUT2D eigenvalue weighted by molar-refractivity contribution is 0.0688. The number of aromatic carboxylic acids is 2. The molecule has 0 aliphatic carbocycles. The van der Waals surface area contributed by atoms with Crippen molar-refractivity contribution in [3.8, 4) is 0 Å². The molecule has 2 N–H and O–H groups in total. The fourth-order valence-electron chi connectivity index (χ4n) is 1.42. The van der Waals surface area contributed by atoms with Gasteiger partial charge in [-0.3, -0.25) is 4.79 Å². The van der Waals surface area contributed by atoms with Gasteiger partial charge in [0.05, 0.1) is 11.1 Å². The van der Waals surface area contributed by atoms with Gasteiger partial charge in [-0.1, -0.05) is 22.0 Å². The van der Waals surface area contributed by atoms with Crippen molar-refractivity contribution in [2.75, 3.05) is 5.33 Å². The molecule has 0 fully saturated rings. The first-order valence-corrected chi connectivity index (χ1v) is 5.80. The lowest BCUT2D eigenvalue weighted by Crippen LogP contribution is -2.15. The highest BCUT2D eigenvalue weighted by Crippen LogP contribution is 2.18. The van der Waals surface area contributed by atoms with Gasteiger partial charge in [-0.15, -0.1) is 0 Å². The maximum absolute atomic E-state index is 11.7. The first-order chi connectivity index (χ1) is 7.99. The monoisotopic (exact) mass is 300 g/mol. The zero-order chi connectivity index (χ0) is 13.0. The minimum atomic E-state index is -1.31. The Labute approximate surface area is 105 Å². The number of carboxylic acid groups (broad SMARTS) is 2. The molecule has 0 aliphatic rings. The number of hydrogen-bond acceptors (Lipinski definition) is 3. The molecule has 0 saturated heterocycles. The molecule has 0 aromatic heterocycles. The second-order valence-corrected chi connectivity index (χ2v) is 3.99. The maximum atomic E-state index is 11.7. The van der Waals surface area contributed by atoms with Crippen LogP contribution in [0.2, 0.25) is 0 Å². The number of alkyl halides is 1. The van der Waals surface area contributed by atoms with Gasteiger partial charge in [0.1, 0.15) is 0 Å². The lowest BCUT2D eigenvalue weighted by atomic mass is 9.96. The average Bonchev–Trinajstić information content (AvgIpc) is 2.28. The molecule has 90 valence electrons. The summed E-state index contributed by atoms with van der Waals surface area (Å²) < 4.78 is 0. The SMILES string of the molecule is O=C(O)c1cccc(C(=O)O)c1C(=O)CCBr. The van der Waals surface area contributed by atoms with Crippen LogP contribution in [-0.2, 0) is 0 Å². The second-order valence-electron chi connectivity index (χ2n) is 3.20. The number of carbonyl (C=O) groups excluding carboxylic acids is 1. The molecular weight excluding hydrogens is 292 g/mol. The number of Topliss-reactive ketones (excluding diaryl/α,β-unsaturated/α-hetero) is 1. The van der Waals surface area contributed by atoms with Crippen LogP contribution in [0.1, 0.15) is 37.5 Å². The molecule has 0 unspecified atom stereocenters. The van der Waals surface area contributed by atoms with Crippen LogP contribution in [0.4, 0.5) is 0 Å². The average molecular weight is 301 g/mol. The summed E-state index contributed by atoms with van der Waals surface area (Å²) in [6, 6.07) is 3.74. The molecule has 6 heteroatoms. The smallest absolute Gasteiger partial charge is 0.336 e. The minimum Gasteiger partial charge on any atom is -0.478 e. The topological polar surface area (TPSA) is 91.7 Å². The Morgan fingerprint density at radius 2 is 1.53 bits per heavy atom. The molecule has 1 rings (SSSR count). The quantitative estimate of drug-likeness (QED) is 0.641. The van der Waals surface area contributed by atoms with E-state index in [1.165, 1.54) is 18.2 Å². The molecule has 0 amide bonds. The predicted molar refractivity (Wildman–Crippen MR) is 63.1 cm³/mol. The van der Waals surface area contributed by atoms with Crippen molar-refractivity contribution < 1.29 is 24.6 Å². The van der Waals surface area contributed by atoms with Gasteiger partial charge in [-0.25, -0.2) is 9.59 Å². The van der Waals surface area contributed by atoms with Gasteiger partial charge in [-0.05, 0) is 12.1 Å². The molecule has 1 aromatic carbocycles. The normalized spacial score (nSPS) is 9.94. The van der Waals surface area contributed by atoms with E-state index in [2.05, 4.69) is 15.9 Å². The Bertz CT molecular complexity index is 449. The molecule has 0 heterocycles. The Morgan fingerprint density at radius 3 is 1.88 bits per heavy atom. The van der Waals surface area contributed by atoms with Gasteiger partial charge in [0.2, 0.25) is 0 Å². The molecule has 0 radical (unpaired) electrons. The van der Waals surface area contributed by atoms with Gasteiger partial charge in [0.15, 0.2) is 5.78 Å². The number of carbonyl (C=O) groups is 3. The zero-order valence-electron chi connectivity index (χ0n) is 8.64. The lowest BCUT2D eigenvalue weighted by Gasteiger charge is -2.07. The molecule has 0 saturated carbocycles. The second kappa shape index (κ2) is 5.58. The number of hydrogen-bond donors (Lipinski definition) is 2. The van der Waals surface area contributed by atoms with E-state index in [1.807, 2.05) is 0 Å². The standard InChI is InChI=1S/C11H9BrO5/c12-5-4-8(13)9-6(10(14)15)2-1-3-7(9)11(16)17/h1-3H,4-5H2,(H,14,15)(H,16,17). The number of ketones is 1. The van der Waals surface area contributed by atoms with Crippen LogP contribution in [0, 0.1) is 0 Å². The van der Waals surface area contributed by atoms with Crippen LogP contribution in [0.25, 0.3) is 0 Å². The summed E-state index contributed by atoms with van der Waals surface area (Å²) in [6.07, 6.45) is 0.0462. The molecule has 0 spiro atoms. The van der Waals surface area contributed by atoms with Crippen LogP contribution in [0.3, 0.4) is 0 Å². The third-order valence-corrected chi connectivity index (χ3v) is 2.52. The summed E-state index contributed by atoms with van der Waals surface area (Å²) in [5.41, 5.74) is -0.807. The minimum absolute atomic E-state index is 0.0462. The van der Waals surface area contributed by atoms with E-state index in [-0.39, 0.29) is 23.1 Å². The van der Waals surface area contributed by atoms with Gasteiger partial charge in [0, 0.05) is 17.3 Å². The van der Waals surface area contributed by atoms with E-state index < -0.39 is 17.7 Å². The summed E-state index contributed by atoms with van der Waals surface area (Å²) in [5.74, 6) is -3.13.